The van der Waals surface area contributed by atoms with E-state index in [0.29, 0.717) is 22.5 Å². The Labute approximate surface area is 137 Å². The van der Waals surface area contributed by atoms with E-state index in [2.05, 4.69) is 10.4 Å². The van der Waals surface area contributed by atoms with Gasteiger partial charge in [-0.2, -0.15) is 5.10 Å². The SMILES string of the molecule is CCn1nc(C(=O)NCC(=O)N(C)C)c(=O)c2cc(Cl)ccc21. The molecule has 7 nitrogen and oxygen atoms in total. The molecule has 0 saturated heterocycles. The molecule has 2 rings (SSSR count). The Morgan fingerprint density at radius 3 is 2.65 bits per heavy atom. The smallest absolute Gasteiger partial charge is 0.276 e. The second-order valence-corrected chi connectivity index (χ2v) is 5.56. The summed E-state index contributed by atoms with van der Waals surface area (Å²) in [4.78, 5) is 37.6. The zero-order valence-corrected chi connectivity index (χ0v) is 13.8. The van der Waals surface area contributed by atoms with Crippen molar-refractivity contribution >= 4 is 34.3 Å². The van der Waals surface area contributed by atoms with Crippen molar-refractivity contribution in [3.63, 3.8) is 0 Å². The molecule has 122 valence electrons. The van der Waals surface area contributed by atoms with E-state index in [-0.39, 0.29) is 18.1 Å². The molecule has 2 aromatic rings. The first-order valence-corrected chi connectivity index (χ1v) is 7.41. The number of aromatic nitrogens is 2. The van der Waals surface area contributed by atoms with Crippen LogP contribution in [-0.4, -0.2) is 47.1 Å². The minimum Gasteiger partial charge on any atom is -0.347 e. The van der Waals surface area contributed by atoms with Gasteiger partial charge in [0.1, 0.15) is 0 Å². The number of hydrogen-bond donors (Lipinski definition) is 1. The third-order valence-corrected chi connectivity index (χ3v) is 3.57. The average Bonchev–Trinajstić information content (AvgIpc) is 2.52. The summed E-state index contributed by atoms with van der Waals surface area (Å²) in [6, 6.07) is 4.86. The minimum atomic E-state index is -0.686. The maximum Gasteiger partial charge on any atom is 0.276 e. The van der Waals surface area contributed by atoms with Gasteiger partial charge in [0.15, 0.2) is 5.69 Å². The minimum absolute atomic E-state index is 0.202. The van der Waals surface area contributed by atoms with Crippen LogP contribution in [-0.2, 0) is 11.3 Å². The summed E-state index contributed by atoms with van der Waals surface area (Å²) in [6.45, 7) is 2.13. The standard InChI is InChI=1S/C15H17ClN4O3/c1-4-20-11-6-5-9(16)7-10(11)14(22)13(18-20)15(23)17-8-12(21)19(2)3/h5-7H,4,8H2,1-3H3,(H,17,23). The highest BCUT2D eigenvalue weighted by Gasteiger charge is 2.18. The van der Waals surface area contributed by atoms with Gasteiger partial charge in [-0.15, -0.1) is 0 Å². The van der Waals surface area contributed by atoms with E-state index in [1.54, 1.807) is 30.9 Å². The molecule has 2 amide bonds. The largest absolute Gasteiger partial charge is 0.347 e. The molecular weight excluding hydrogens is 320 g/mol. The number of hydrogen-bond acceptors (Lipinski definition) is 4. The van der Waals surface area contributed by atoms with Crippen molar-refractivity contribution in [2.45, 2.75) is 13.5 Å². The highest BCUT2D eigenvalue weighted by atomic mass is 35.5. The van der Waals surface area contributed by atoms with Crippen LogP contribution in [0.4, 0.5) is 0 Å². The molecular formula is C15H17ClN4O3. The van der Waals surface area contributed by atoms with Gasteiger partial charge in [0.2, 0.25) is 11.3 Å². The number of likely N-dealkylation sites (N-methyl/N-ethyl adjacent to an activating group) is 1. The molecule has 0 unspecified atom stereocenters. The Bertz CT molecular complexity index is 829. The molecule has 1 heterocycles. The van der Waals surface area contributed by atoms with Gasteiger partial charge in [0.05, 0.1) is 17.4 Å². The summed E-state index contributed by atoms with van der Waals surface area (Å²) < 4.78 is 1.55. The Morgan fingerprint density at radius 2 is 2.04 bits per heavy atom. The lowest BCUT2D eigenvalue weighted by Gasteiger charge is -2.12. The fraction of sp³-hybridized carbons (Fsp3) is 0.333. The van der Waals surface area contributed by atoms with Crippen molar-refractivity contribution in [3.8, 4) is 0 Å². The molecule has 0 aliphatic rings. The molecule has 1 N–H and O–H groups in total. The molecule has 0 saturated carbocycles. The van der Waals surface area contributed by atoms with Crippen LogP contribution in [0.3, 0.4) is 0 Å². The quantitative estimate of drug-likeness (QED) is 0.898. The Hall–Kier alpha value is -2.41. The van der Waals surface area contributed by atoms with E-state index >= 15 is 0 Å². The summed E-state index contributed by atoms with van der Waals surface area (Å²) in [5, 5.41) is 7.23. The molecule has 8 heteroatoms. The number of rotatable bonds is 4. The molecule has 0 atom stereocenters. The van der Waals surface area contributed by atoms with Crippen LogP contribution < -0.4 is 10.7 Å². The summed E-state index contributed by atoms with van der Waals surface area (Å²) in [5.41, 5.74) is -0.169. The number of nitrogens with zero attached hydrogens (tertiary/aromatic N) is 3. The predicted molar refractivity (Wildman–Crippen MR) is 87.7 cm³/mol. The number of benzene rings is 1. The molecule has 0 bridgehead atoms. The fourth-order valence-electron chi connectivity index (χ4n) is 2.05. The summed E-state index contributed by atoms with van der Waals surface area (Å²) in [5.74, 6) is -0.965. The van der Waals surface area contributed by atoms with E-state index in [4.69, 9.17) is 11.6 Å². The van der Waals surface area contributed by atoms with Crippen LogP contribution in [0.2, 0.25) is 5.02 Å². The van der Waals surface area contributed by atoms with Crippen molar-refractivity contribution in [2.24, 2.45) is 0 Å². The van der Waals surface area contributed by atoms with Crippen LogP contribution >= 0.6 is 11.6 Å². The Kier molecular flexibility index (Phi) is 5.00. The topological polar surface area (TPSA) is 84.3 Å². The lowest BCUT2D eigenvalue weighted by Crippen LogP contribution is -2.39. The predicted octanol–water partition coefficient (Wildman–Crippen LogP) is 0.888. The lowest BCUT2D eigenvalue weighted by molar-refractivity contribution is -0.127. The molecule has 0 aliphatic heterocycles. The molecule has 1 aromatic heterocycles. The van der Waals surface area contributed by atoms with E-state index in [1.165, 1.54) is 11.0 Å². The Balaban J connectivity index is 2.44. The Morgan fingerprint density at radius 1 is 1.35 bits per heavy atom. The number of nitrogens with one attached hydrogen (secondary N) is 1. The maximum atomic E-state index is 12.5. The van der Waals surface area contributed by atoms with E-state index in [0.717, 1.165) is 0 Å². The first-order chi connectivity index (χ1) is 10.8. The summed E-state index contributed by atoms with van der Waals surface area (Å²) >= 11 is 5.94. The zero-order valence-electron chi connectivity index (χ0n) is 13.1. The molecule has 1 aromatic carbocycles. The molecule has 0 aliphatic carbocycles. The van der Waals surface area contributed by atoms with Crippen molar-refractivity contribution in [1.82, 2.24) is 20.0 Å². The number of amides is 2. The highest BCUT2D eigenvalue weighted by Crippen LogP contribution is 2.16. The molecule has 0 radical (unpaired) electrons. The van der Waals surface area contributed by atoms with Gasteiger partial charge >= 0.3 is 0 Å². The second-order valence-electron chi connectivity index (χ2n) is 5.13. The zero-order chi connectivity index (χ0) is 17.1. The fourth-order valence-corrected chi connectivity index (χ4v) is 2.22. The van der Waals surface area contributed by atoms with Crippen LogP contribution in [0.25, 0.3) is 10.9 Å². The third-order valence-electron chi connectivity index (χ3n) is 3.33. The summed E-state index contributed by atoms with van der Waals surface area (Å²) in [7, 11) is 3.16. The van der Waals surface area contributed by atoms with Crippen LogP contribution in [0.5, 0.6) is 0 Å². The first-order valence-electron chi connectivity index (χ1n) is 7.04. The van der Waals surface area contributed by atoms with Crippen molar-refractivity contribution in [3.05, 3.63) is 39.1 Å². The van der Waals surface area contributed by atoms with Crippen molar-refractivity contribution in [1.29, 1.82) is 0 Å². The van der Waals surface area contributed by atoms with E-state index < -0.39 is 11.3 Å². The average molecular weight is 337 g/mol. The lowest BCUT2D eigenvalue weighted by atomic mass is 10.2. The van der Waals surface area contributed by atoms with Crippen LogP contribution in [0.1, 0.15) is 17.4 Å². The molecule has 23 heavy (non-hydrogen) atoms. The number of halogens is 1. The van der Waals surface area contributed by atoms with Crippen molar-refractivity contribution < 1.29 is 9.59 Å². The van der Waals surface area contributed by atoms with Crippen molar-refractivity contribution in [2.75, 3.05) is 20.6 Å². The monoisotopic (exact) mass is 336 g/mol. The second kappa shape index (κ2) is 6.78. The van der Waals surface area contributed by atoms with Gasteiger partial charge in [-0.25, -0.2) is 0 Å². The number of aryl methyl sites for hydroxylation is 1. The third kappa shape index (κ3) is 3.50. The van der Waals surface area contributed by atoms with Gasteiger partial charge in [-0.05, 0) is 25.1 Å². The number of carbonyl (C=O) groups excluding carboxylic acids is 2. The maximum absolute atomic E-state index is 12.5. The van der Waals surface area contributed by atoms with E-state index in [1.807, 2.05) is 6.92 Å². The number of fused-ring (bicyclic) bond motifs is 1. The highest BCUT2D eigenvalue weighted by molar-refractivity contribution is 6.31. The van der Waals surface area contributed by atoms with Gasteiger partial charge in [0.25, 0.3) is 5.91 Å². The van der Waals surface area contributed by atoms with Crippen LogP contribution in [0, 0.1) is 0 Å². The molecule has 0 fully saturated rings. The van der Waals surface area contributed by atoms with Gasteiger partial charge < -0.3 is 10.2 Å². The first kappa shape index (κ1) is 17.0. The van der Waals surface area contributed by atoms with Gasteiger partial charge in [-0.1, -0.05) is 11.6 Å². The van der Waals surface area contributed by atoms with Gasteiger partial charge in [-0.3, -0.25) is 19.1 Å². The van der Waals surface area contributed by atoms with E-state index in [9.17, 15) is 14.4 Å². The number of carbonyl (C=O) groups is 2. The van der Waals surface area contributed by atoms with Crippen LogP contribution in [0.15, 0.2) is 23.0 Å². The van der Waals surface area contributed by atoms with Gasteiger partial charge in [0, 0.05) is 25.7 Å². The normalized spacial score (nSPS) is 10.6. The summed E-state index contributed by atoms with van der Waals surface area (Å²) in [6.07, 6.45) is 0. The molecule has 0 spiro atoms.